The molecule has 2 atom stereocenters. The Labute approximate surface area is 207 Å². The van der Waals surface area contributed by atoms with Crippen molar-refractivity contribution in [1.82, 2.24) is 19.8 Å². The van der Waals surface area contributed by atoms with Gasteiger partial charge in [0.25, 0.3) is 0 Å². The van der Waals surface area contributed by atoms with E-state index in [1.54, 1.807) is 0 Å². The molecule has 5 rings (SSSR count). The summed E-state index contributed by atoms with van der Waals surface area (Å²) in [5.41, 5.74) is 9.71. The predicted octanol–water partition coefficient (Wildman–Crippen LogP) is 6.28. The molecule has 1 N–H and O–H groups in total. The number of hydrogen-bond donors (Lipinski definition) is 1. The highest BCUT2D eigenvalue weighted by Gasteiger charge is 2.41. The fourth-order valence-electron chi connectivity index (χ4n) is 5.26. The van der Waals surface area contributed by atoms with Crippen LogP contribution >= 0.6 is 12.2 Å². The Kier molecular flexibility index (Phi) is 5.96. The van der Waals surface area contributed by atoms with Gasteiger partial charge in [0.1, 0.15) is 0 Å². The first-order chi connectivity index (χ1) is 16.4. The first-order valence-electron chi connectivity index (χ1n) is 11.7. The van der Waals surface area contributed by atoms with E-state index in [1.165, 1.54) is 39.3 Å². The summed E-state index contributed by atoms with van der Waals surface area (Å²) in [5, 5.41) is 4.35. The Hall–Kier alpha value is -3.44. The molecule has 0 unspecified atom stereocenters. The van der Waals surface area contributed by atoms with Crippen LogP contribution in [0.1, 0.15) is 51.4 Å². The van der Waals surface area contributed by atoms with Crippen molar-refractivity contribution in [3.63, 3.8) is 0 Å². The number of benzene rings is 2. The number of hydrogen-bond acceptors (Lipinski definition) is 2. The highest BCUT2D eigenvalue weighted by Crippen LogP contribution is 2.42. The molecule has 1 fully saturated rings. The van der Waals surface area contributed by atoms with Gasteiger partial charge >= 0.3 is 0 Å². The first kappa shape index (κ1) is 22.4. The van der Waals surface area contributed by atoms with Crippen LogP contribution in [-0.2, 0) is 6.54 Å². The van der Waals surface area contributed by atoms with Gasteiger partial charge in [-0.1, -0.05) is 42.5 Å². The summed E-state index contributed by atoms with van der Waals surface area (Å²) in [6, 6.07) is 25.7. The number of rotatable bonds is 5. The first-order valence-corrected chi connectivity index (χ1v) is 12.1. The lowest BCUT2D eigenvalue weighted by atomic mass is 9.96. The Bertz CT molecular complexity index is 1310. The molecule has 2 aromatic carbocycles. The fraction of sp³-hybridized carbons (Fsp3) is 0.241. The molecule has 1 saturated heterocycles. The lowest BCUT2D eigenvalue weighted by molar-refractivity contribution is 0.310. The minimum atomic E-state index is -0.0226. The molecule has 4 aromatic rings. The molecular weight excluding hydrogens is 436 g/mol. The van der Waals surface area contributed by atoms with Crippen molar-refractivity contribution in [1.29, 1.82) is 0 Å². The van der Waals surface area contributed by atoms with Gasteiger partial charge in [0, 0.05) is 29.8 Å². The van der Waals surface area contributed by atoms with Gasteiger partial charge < -0.3 is 14.8 Å². The summed E-state index contributed by atoms with van der Waals surface area (Å²) in [4.78, 5) is 7.01. The van der Waals surface area contributed by atoms with Crippen LogP contribution < -0.4 is 5.32 Å². The Morgan fingerprint density at radius 3 is 2.26 bits per heavy atom. The van der Waals surface area contributed by atoms with Gasteiger partial charge in [-0.3, -0.25) is 4.98 Å². The van der Waals surface area contributed by atoms with Gasteiger partial charge in [-0.25, -0.2) is 0 Å². The smallest absolute Gasteiger partial charge is 0.170 e. The third kappa shape index (κ3) is 4.12. The van der Waals surface area contributed by atoms with Crippen molar-refractivity contribution in [2.75, 3.05) is 0 Å². The summed E-state index contributed by atoms with van der Waals surface area (Å²) in [6.45, 7) is 9.46. The minimum absolute atomic E-state index is 0.0226. The van der Waals surface area contributed by atoms with Crippen LogP contribution in [0, 0.1) is 27.7 Å². The van der Waals surface area contributed by atoms with Gasteiger partial charge in [-0.2, -0.15) is 0 Å². The lowest BCUT2D eigenvalue weighted by Gasteiger charge is -2.28. The maximum absolute atomic E-state index is 5.88. The summed E-state index contributed by atoms with van der Waals surface area (Å²) < 4.78 is 2.37. The summed E-state index contributed by atoms with van der Waals surface area (Å²) in [5.74, 6) is 0. The van der Waals surface area contributed by atoms with E-state index in [2.05, 4.69) is 103 Å². The second kappa shape index (κ2) is 9.07. The van der Waals surface area contributed by atoms with E-state index in [4.69, 9.17) is 17.2 Å². The van der Waals surface area contributed by atoms with Crippen LogP contribution in [-0.4, -0.2) is 19.6 Å². The summed E-state index contributed by atoms with van der Waals surface area (Å²) in [7, 11) is 0. The number of aryl methyl sites for hydroxylation is 3. The van der Waals surface area contributed by atoms with E-state index in [1.807, 2.05) is 18.3 Å². The zero-order chi connectivity index (χ0) is 23.8. The average Bonchev–Trinajstić information content (AvgIpc) is 3.29. The van der Waals surface area contributed by atoms with Gasteiger partial charge in [0.2, 0.25) is 0 Å². The predicted molar refractivity (Wildman–Crippen MR) is 142 cm³/mol. The standard InChI is InChI=1S/C29H30N4S/c1-19-14-20(2)16-24(15-19)33-21(3)17-25(22(33)4)28-27(26-12-8-9-13-30-26)31-29(34)32(28)18-23-10-6-5-7-11-23/h5-17,27-28H,18H2,1-4H3,(H,31,34)/t27-,28-/m0/s1. The molecular formula is C29H30N4S. The number of aromatic nitrogens is 2. The van der Waals surface area contributed by atoms with Crippen LogP contribution in [0.3, 0.4) is 0 Å². The Morgan fingerprint density at radius 1 is 0.882 bits per heavy atom. The zero-order valence-corrected chi connectivity index (χ0v) is 20.9. The van der Waals surface area contributed by atoms with Crippen molar-refractivity contribution >= 4 is 17.3 Å². The highest BCUT2D eigenvalue weighted by atomic mass is 32.1. The molecule has 0 aliphatic carbocycles. The summed E-state index contributed by atoms with van der Waals surface area (Å²) in [6.07, 6.45) is 1.86. The van der Waals surface area contributed by atoms with Gasteiger partial charge in [-0.15, -0.1) is 0 Å². The van der Waals surface area contributed by atoms with E-state index in [-0.39, 0.29) is 12.1 Å². The van der Waals surface area contributed by atoms with E-state index in [0.717, 1.165) is 17.4 Å². The fourth-order valence-corrected chi connectivity index (χ4v) is 5.56. The van der Waals surface area contributed by atoms with Gasteiger partial charge in [0.15, 0.2) is 5.11 Å². The SMILES string of the molecule is Cc1cc(C)cc(-n2c(C)cc([C@H]3[C@H](c4ccccn4)NC(=S)N3Cc3ccccc3)c2C)c1. The molecule has 5 heteroatoms. The number of thiocarbonyl (C=S) groups is 1. The quantitative estimate of drug-likeness (QED) is 0.351. The van der Waals surface area contributed by atoms with Crippen LogP contribution in [0.25, 0.3) is 5.69 Å². The van der Waals surface area contributed by atoms with Crippen molar-refractivity contribution in [3.05, 3.63) is 118 Å². The van der Waals surface area contributed by atoms with Crippen LogP contribution in [0.15, 0.2) is 79.0 Å². The molecule has 0 radical (unpaired) electrons. The molecule has 0 amide bonds. The maximum atomic E-state index is 5.88. The lowest BCUT2D eigenvalue weighted by Crippen LogP contribution is -2.29. The van der Waals surface area contributed by atoms with Crippen LogP contribution in [0.4, 0.5) is 0 Å². The molecule has 2 aromatic heterocycles. The van der Waals surface area contributed by atoms with Crippen molar-refractivity contribution in [3.8, 4) is 5.69 Å². The molecule has 172 valence electrons. The largest absolute Gasteiger partial charge is 0.352 e. The molecule has 34 heavy (non-hydrogen) atoms. The van der Waals surface area contributed by atoms with Crippen molar-refractivity contribution < 1.29 is 0 Å². The number of pyridine rings is 1. The highest BCUT2D eigenvalue weighted by molar-refractivity contribution is 7.80. The topological polar surface area (TPSA) is 33.1 Å². The number of nitrogens with zero attached hydrogens (tertiary/aromatic N) is 3. The summed E-state index contributed by atoms with van der Waals surface area (Å²) >= 11 is 5.88. The van der Waals surface area contributed by atoms with Crippen LogP contribution in [0.2, 0.25) is 0 Å². The molecule has 3 heterocycles. The van der Waals surface area contributed by atoms with E-state index >= 15 is 0 Å². The molecule has 0 saturated carbocycles. The Balaban J connectivity index is 1.63. The molecule has 4 nitrogen and oxygen atoms in total. The van der Waals surface area contributed by atoms with Gasteiger partial charge in [0.05, 0.1) is 17.8 Å². The molecule has 1 aliphatic heterocycles. The third-order valence-corrected chi connectivity index (χ3v) is 7.00. The minimum Gasteiger partial charge on any atom is -0.352 e. The van der Waals surface area contributed by atoms with Crippen molar-refractivity contribution in [2.24, 2.45) is 0 Å². The van der Waals surface area contributed by atoms with Crippen LogP contribution in [0.5, 0.6) is 0 Å². The van der Waals surface area contributed by atoms with Gasteiger partial charge in [-0.05, 0) is 92.5 Å². The second-order valence-corrected chi connectivity index (χ2v) is 9.63. The van der Waals surface area contributed by atoms with E-state index < -0.39 is 0 Å². The molecule has 1 aliphatic rings. The van der Waals surface area contributed by atoms with Crippen molar-refractivity contribution in [2.45, 2.75) is 46.3 Å². The third-order valence-electron chi connectivity index (χ3n) is 6.65. The molecule has 0 bridgehead atoms. The van der Waals surface area contributed by atoms with E-state index in [0.29, 0.717) is 0 Å². The zero-order valence-electron chi connectivity index (χ0n) is 20.1. The average molecular weight is 467 g/mol. The monoisotopic (exact) mass is 466 g/mol. The maximum Gasteiger partial charge on any atom is 0.170 e. The Morgan fingerprint density at radius 2 is 1.59 bits per heavy atom. The number of nitrogens with one attached hydrogen (secondary N) is 1. The van der Waals surface area contributed by atoms with E-state index in [9.17, 15) is 0 Å². The second-order valence-electron chi connectivity index (χ2n) is 9.25. The normalized spacial score (nSPS) is 17.8. The molecule has 0 spiro atoms.